The average molecular weight is 459 g/mol. The maximum Gasteiger partial charge on any atom is 0.321 e. The summed E-state index contributed by atoms with van der Waals surface area (Å²) in [7, 11) is 0. The fourth-order valence-electron chi connectivity index (χ4n) is 3.48. The van der Waals surface area contributed by atoms with Gasteiger partial charge in [0.1, 0.15) is 0 Å². The van der Waals surface area contributed by atoms with Crippen molar-refractivity contribution in [1.82, 2.24) is 9.80 Å². The molecule has 0 saturated carbocycles. The molecule has 0 aromatic heterocycles. The van der Waals surface area contributed by atoms with E-state index in [-0.39, 0.29) is 11.9 Å². The van der Waals surface area contributed by atoms with Gasteiger partial charge in [0.15, 0.2) is 0 Å². The number of hydrogen-bond acceptors (Lipinski definition) is 3. The number of carbonyl (C=O) groups is 2. The highest BCUT2D eigenvalue weighted by molar-refractivity contribution is 9.10. The van der Waals surface area contributed by atoms with E-state index in [1.165, 1.54) is 0 Å². The molecule has 154 valence electrons. The Hall–Kier alpha value is -2.38. The van der Waals surface area contributed by atoms with Crippen LogP contribution in [0.3, 0.4) is 0 Å². The van der Waals surface area contributed by atoms with Crippen LogP contribution in [0.2, 0.25) is 0 Å². The van der Waals surface area contributed by atoms with Crippen molar-refractivity contribution < 1.29 is 9.59 Å². The summed E-state index contributed by atoms with van der Waals surface area (Å²) >= 11 is 3.45. The Morgan fingerprint density at radius 2 is 1.66 bits per heavy atom. The van der Waals surface area contributed by atoms with Crippen LogP contribution in [0.5, 0.6) is 0 Å². The van der Waals surface area contributed by atoms with E-state index in [0.29, 0.717) is 26.2 Å². The van der Waals surface area contributed by atoms with Crippen LogP contribution in [0.4, 0.5) is 16.2 Å². The second-order valence-corrected chi connectivity index (χ2v) is 8.20. The Labute approximate surface area is 180 Å². The van der Waals surface area contributed by atoms with Crippen molar-refractivity contribution in [1.29, 1.82) is 0 Å². The summed E-state index contributed by atoms with van der Waals surface area (Å²) in [6.07, 6.45) is 0.833. The lowest BCUT2D eigenvalue weighted by molar-refractivity contribution is -0.117. The van der Waals surface area contributed by atoms with Crippen LogP contribution in [0.1, 0.15) is 17.5 Å². The van der Waals surface area contributed by atoms with Gasteiger partial charge >= 0.3 is 6.03 Å². The average Bonchev–Trinajstić information content (AvgIpc) is 2.92. The number of anilines is 2. The molecule has 0 unspecified atom stereocenters. The topological polar surface area (TPSA) is 64.7 Å². The predicted octanol–water partition coefficient (Wildman–Crippen LogP) is 4.24. The van der Waals surface area contributed by atoms with Crippen molar-refractivity contribution in [3.05, 3.63) is 58.1 Å². The maximum absolute atomic E-state index is 12.6. The molecule has 1 saturated heterocycles. The molecule has 2 aromatic rings. The van der Waals surface area contributed by atoms with Crippen LogP contribution in [-0.2, 0) is 4.79 Å². The highest BCUT2D eigenvalue weighted by Gasteiger charge is 2.21. The summed E-state index contributed by atoms with van der Waals surface area (Å²) in [4.78, 5) is 29.1. The first-order chi connectivity index (χ1) is 13.9. The molecule has 2 aromatic carbocycles. The normalized spacial score (nSPS) is 14.9. The first-order valence-electron chi connectivity index (χ1n) is 9.83. The van der Waals surface area contributed by atoms with Gasteiger partial charge in [-0.15, -0.1) is 0 Å². The number of halogens is 1. The lowest BCUT2D eigenvalue weighted by atomic mass is 10.1. The second-order valence-electron chi connectivity index (χ2n) is 7.34. The SMILES string of the molecule is Cc1cccc(C)c1NC(=O)CN1CCCN(C(=O)Nc2ccccc2Br)CC1. The minimum Gasteiger partial charge on any atom is -0.324 e. The number of hydrogen-bond donors (Lipinski definition) is 2. The quantitative estimate of drug-likeness (QED) is 0.719. The van der Waals surface area contributed by atoms with Gasteiger partial charge in [-0.1, -0.05) is 30.3 Å². The molecule has 6 nitrogen and oxygen atoms in total. The van der Waals surface area contributed by atoms with Crippen molar-refractivity contribution in [3.63, 3.8) is 0 Å². The minimum absolute atomic E-state index is 0.0199. The fraction of sp³-hybridized carbons (Fsp3) is 0.364. The summed E-state index contributed by atoms with van der Waals surface area (Å²) < 4.78 is 0.855. The van der Waals surface area contributed by atoms with Gasteiger partial charge in [-0.25, -0.2) is 4.79 Å². The van der Waals surface area contributed by atoms with Crippen LogP contribution in [0.15, 0.2) is 46.9 Å². The zero-order valence-electron chi connectivity index (χ0n) is 16.9. The zero-order chi connectivity index (χ0) is 20.8. The third-order valence-electron chi connectivity index (χ3n) is 5.10. The third-order valence-corrected chi connectivity index (χ3v) is 5.80. The maximum atomic E-state index is 12.6. The van der Waals surface area contributed by atoms with Crippen molar-refractivity contribution >= 4 is 39.2 Å². The lowest BCUT2D eigenvalue weighted by Crippen LogP contribution is -2.39. The number of carbonyl (C=O) groups excluding carboxylic acids is 2. The molecule has 1 aliphatic heterocycles. The van der Waals surface area contributed by atoms with E-state index < -0.39 is 0 Å². The number of nitrogens with zero attached hydrogens (tertiary/aromatic N) is 2. The first-order valence-corrected chi connectivity index (χ1v) is 10.6. The van der Waals surface area contributed by atoms with Gasteiger partial charge in [-0.3, -0.25) is 9.69 Å². The van der Waals surface area contributed by atoms with Crippen LogP contribution in [0, 0.1) is 13.8 Å². The molecule has 0 aliphatic carbocycles. The van der Waals surface area contributed by atoms with Gasteiger partial charge < -0.3 is 15.5 Å². The molecule has 7 heteroatoms. The third kappa shape index (κ3) is 5.81. The smallest absolute Gasteiger partial charge is 0.321 e. The van der Waals surface area contributed by atoms with Crippen molar-refractivity contribution in [2.45, 2.75) is 20.3 Å². The van der Waals surface area contributed by atoms with E-state index in [2.05, 4.69) is 31.5 Å². The standard InChI is InChI=1S/C22H27BrN4O2/c1-16-7-5-8-17(2)21(16)25-20(28)15-26-11-6-12-27(14-13-26)22(29)24-19-10-4-3-9-18(19)23/h3-5,7-10H,6,11-15H2,1-2H3,(H,24,29)(H,25,28). The van der Waals surface area contributed by atoms with Crippen molar-refractivity contribution in [3.8, 4) is 0 Å². The minimum atomic E-state index is -0.112. The molecule has 1 fully saturated rings. The summed E-state index contributed by atoms with van der Waals surface area (Å²) in [5.41, 5.74) is 3.77. The van der Waals surface area contributed by atoms with E-state index in [4.69, 9.17) is 0 Å². The van der Waals surface area contributed by atoms with Gasteiger partial charge in [-0.2, -0.15) is 0 Å². The van der Waals surface area contributed by atoms with Gasteiger partial charge in [0.25, 0.3) is 0 Å². The Morgan fingerprint density at radius 3 is 2.38 bits per heavy atom. The van der Waals surface area contributed by atoms with Crippen LogP contribution in [0.25, 0.3) is 0 Å². The Morgan fingerprint density at radius 1 is 0.931 bits per heavy atom. The summed E-state index contributed by atoms with van der Waals surface area (Å²) in [5.74, 6) is -0.0199. The Bertz CT molecular complexity index is 867. The molecule has 3 rings (SSSR count). The number of para-hydroxylation sites is 2. The molecular weight excluding hydrogens is 432 g/mol. The molecular formula is C22H27BrN4O2. The molecule has 1 heterocycles. The van der Waals surface area contributed by atoms with Gasteiger partial charge in [-0.05, 0) is 59.5 Å². The molecule has 2 N–H and O–H groups in total. The number of amides is 3. The molecule has 0 radical (unpaired) electrons. The highest BCUT2D eigenvalue weighted by Crippen LogP contribution is 2.22. The molecule has 3 amide bonds. The summed E-state index contributed by atoms with van der Waals surface area (Å²) in [6.45, 7) is 7.04. The largest absolute Gasteiger partial charge is 0.324 e. The first kappa shape index (κ1) is 21.3. The fourth-order valence-corrected chi connectivity index (χ4v) is 3.87. The number of rotatable bonds is 4. The van der Waals surface area contributed by atoms with E-state index in [9.17, 15) is 9.59 Å². The lowest BCUT2D eigenvalue weighted by Gasteiger charge is -2.22. The second kappa shape index (κ2) is 9.89. The predicted molar refractivity (Wildman–Crippen MR) is 120 cm³/mol. The van der Waals surface area contributed by atoms with E-state index >= 15 is 0 Å². The van der Waals surface area contributed by atoms with Crippen LogP contribution >= 0.6 is 15.9 Å². The van der Waals surface area contributed by atoms with Crippen LogP contribution < -0.4 is 10.6 Å². The van der Waals surface area contributed by atoms with Gasteiger partial charge in [0, 0.05) is 36.3 Å². The summed E-state index contributed by atoms with van der Waals surface area (Å²) in [5, 5.41) is 5.99. The Kier molecular flexibility index (Phi) is 7.28. The number of urea groups is 1. The molecule has 0 atom stereocenters. The number of benzene rings is 2. The van der Waals surface area contributed by atoms with Crippen LogP contribution in [-0.4, -0.2) is 54.5 Å². The summed E-state index contributed by atoms with van der Waals surface area (Å²) in [6, 6.07) is 13.4. The monoisotopic (exact) mass is 458 g/mol. The van der Waals surface area contributed by atoms with Gasteiger partial charge in [0.05, 0.1) is 12.2 Å². The van der Waals surface area contributed by atoms with Crippen molar-refractivity contribution in [2.24, 2.45) is 0 Å². The van der Waals surface area contributed by atoms with E-state index in [1.54, 1.807) is 0 Å². The molecule has 1 aliphatic rings. The zero-order valence-corrected chi connectivity index (χ0v) is 18.5. The molecule has 29 heavy (non-hydrogen) atoms. The molecule has 0 bridgehead atoms. The highest BCUT2D eigenvalue weighted by atomic mass is 79.9. The van der Waals surface area contributed by atoms with E-state index in [1.807, 2.05) is 61.2 Å². The molecule has 0 spiro atoms. The number of aryl methyl sites for hydroxylation is 2. The van der Waals surface area contributed by atoms with Crippen molar-refractivity contribution in [2.75, 3.05) is 43.4 Å². The number of nitrogens with one attached hydrogen (secondary N) is 2. The van der Waals surface area contributed by atoms with E-state index in [0.717, 1.165) is 39.9 Å². The van der Waals surface area contributed by atoms with Gasteiger partial charge in [0.2, 0.25) is 5.91 Å². The Balaban J connectivity index is 1.52.